The van der Waals surface area contributed by atoms with Crippen LogP contribution in [0.2, 0.25) is 5.02 Å². The zero-order chi connectivity index (χ0) is 12.1. The van der Waals surface area contributed by atoms with E-state index in [0.717, 1.165) is 5.56 Å². The number of nitrogens with zero attached hydrogens (tertiary/aromatic N) is 2. The highest BCUT2D eigenvalue weighted by atomic mass is 35.5. The Labute approximate surface area is 98.1 Å². The average Bonchev–Trinajstić information content (AvgIpc) is 2.23. The molecule has 3 N–H and O–H groups in total. The van der Waals surface area contributed by atoms with Gasteiger partial charge in [0, 0.05) is 6.54 Å². The summed E-state index contributed by atoms with van der Waals surface area (Å²) in [5, 5.41) is 11.3. The second-order valence-corrected chi connectivity index (χ2v) is 3.92. The van der Waals surface area contributed by atoms with Crippen LogP contribution in [-0.4, -0.2) is 29.5 Å². The smallest absolute Gasteiger partial charge is 0.153 e. The molecule has 16 heavy (non-hydrogen) atoms. The van der Waals surface area contributed by atoms with Crippen LogP contribution < -0.4 is 5.73 Å². The second-order valence-electron chi connectivity index (χ2n) is 3.51. The molecule has 0 fully saturated rings. The van der Waals surface area contributed by atoms with Gasteiger partial charge in [-0.3, -0.25) is 4.90 Å². The van der Waals surface area contributed by atoms with Gasteiger partial charge in [0.2, 0.25) is 0 Å². The van der Waals surface area contributed by atoms with E-state index in [4.69, 9.17) is 22.5 Å². The van der Waals surface area contributed by atoms with Crippen molar-refractivity contribution in [2.24, 2.45) is 10.9 Å². The summed E-state index contributed by atoms with van der Waals surface area (Å²) in [6.45, 7) is 0.797. The molecule has 1 aromatic rings. The van der Waals surface area contributed by atoms with Crippen LogP contribution in [-0.2, 0) is 6.54 Å². The number of oxime groups is 1. The lowest BCUT2D eigenvalue weighted by Gasteiger charge is -2.15. The molecule has 0 heterocycles. The highest BCUT2D eigenvalue weighted by Gasteiger charge is 2.05. The molecular weight excluding hydrogens is 233 g/mol. The first kappa shape index (κ1) is 12.7. The number of rotatable bonds is 4. The molecule has 4 nitrogen and oxygen atoms in total. The molecule has 0 aliphatic heterocycles. The van der Waals surface area contributed by atoms with Crippen LogP contribution in [0.3, 0.4) is 0 Å². The van der Waals surface area contributed by atoms with Gasteiger partial charge in [-0.25, -0.2) is 4.39 Å². The fourth-order valence-electron chi connectivity index (χ4n) is 1.31. The predicted octanol–water partition coefficient (Wildman–Crippen LogP) is 1.66. The summed E-state index contributed by atoms with van der Waals surface area (Å²) >= 11 is 5.56. The molecule has 0 unspecified atom stereocenters. The zero-order valence-corrected chi connectivity index (χ0v) is 9.58. The minimum absolute atomic E-state index is 0.0998. The summed E-state index contributed by atoms with van der Waals surface area (Å²) in [6, 6.07) is 4.60. The van der Waals surface area contributed by atoms with Gasteiger partial charge in [-0.1, -0.05) is 22.8 Å². The molecule has 0 saturated heterocycles. The van der Waals surface area contributed by atoms with Gasteiger partial charge in [-0.05, 0) is 24.7 Å². The number of halogens is 2. The first-order valence-electron chi connectivity index (χ1n) is 4.62. The van der Waals surface area contributed by atoms with E-state index in [1.807, 2.05) is 0 Å². The Kier molecular flexibility index (Phi) is 4.52. The van der Waals surface area contributed by atoms with Crippen molar-refractivity contribution in [1.29, 1.82) is 0 Å². The monoisotopic (exact) mass is 245 g/mol. The lowest BCUT2D eigenvalue weighted by molar-refractivity contribution is 0.308. The van der Waals surface area contributed by atoms with E-state index in [1.54, 1.807) is 18.0 Å². The van der Waals surface area contributed by atoms with Crippen molar-refractivity contribution in [2.75, 3.05) is 13.6 Å². The molecule has 88 valence electrons. The molecule has 0 aliphatic carbocycles. The van der Waals surface area contributed by atoms with Crippen molar-refractivity contribution in [1.82, 2.24) is 4.90 Å². The van der Waals surface area contributed by atoms with Crippen LogP contribution in [0.4, 0.5) is 4.39 Å². The summed E-state index contributed by atoms with van der Waals surface area (Å²) in [4.78, 5) is 1.79. The molecular formula is C10H13ClFN3O. The largest absolute Gasteiger partial charge is 0.409 e. The van der Waals surface area contributed by atoms with Crippen LogP contribution in [0.15, 0.2) is 23.4 Å². The summed E-state index contributed by atoms with van der Waals surface area (Å²) in [5.74, 6) is -0.340. The van der Waals surface area contributed by atoms with E-state index in [0.29, 0.717) is 13.1 Å². The molecule has 1 rings (SSSR count). The van der Waals surface area contributed by atoms with Crippen molar-refractivity contribution in [3.05, 3.63) is 34.6 Å². The predicted molar refractivity (Wildman–Crippen MR) is 61.2 cm³/mol. The Morgan fingerprint density at radius 3 is 2.88 bits per heavy atom. The maximum absolute atomic E-state index is 13.1. The summed E-state index contributed by atoms with van der Waals surface area (Å²) in [6.07, 6.45) is 0. The van der Waals surface area contributed by atoms with E-state index in [9.17, 15) is 4.39 Å². The fraction of sp³-hybridized carbons (Fsp3) is 0.300. The Morgan fingerprint density at radius 2 is 2.31 bits per heavy atom. The fourth-order valence-corrected chi connectivity index (χ4v) is 1.43. The van der Waals surface area contributed by atoms with Gasteiger partial charge in [0.15, 0.2) is 5.84 Å². The lowest BCUT2D eigenvalue weighted by Crippen LogP contribution is -2.30. The number of hydrogen-bond acceptors (Lipinski definition) is 3. The molecule has 0 spiro atoms. The van der Waals surface area contributed by atoms with Crippen LogP contribution in [0.5, 0.6) is 0 Å². The Morgan fingerprint density at radius 1 is 1.62 bits per heavy atom. The normalized spacial score (nSPS) is 12.1. The maximum Gasteiger partial charge on any atom is 0.153 e. The average molecular weight is 246 g/mol. The van der Waals surface area contributed by atoms with Crippen molar-refractivity contribution in [3.8, 4) is 0 Å². The summed E-state index contributed by atoms with van der Waals surface area (Å²) in [5.41, 5.74) is 6.12. The number of likely N-dealkylation sites (N-methyl/N-ethyl adjacent to an activating group) is 1. The van der Waals surface area contributed by atoms with E-state index in [2.05, 4.69) is 5.16 Å². The van der Waals surface area contributed by atoms with Gasteiger partial charge in [-0.2, -0.15) is 0 Å². The molecule has 0 saturated carbocycles. The molecule has 0 atom stereocenters. The minimum atomic E-state index is -0.448. The first-order chi connectivity index (χ1) is 7.52. The third-order valence-corrected chi connectivity index (χ3v) is 2.30. The molecule has 1 aromatic carbocycles. The standard InChI is InChI=1S/C10H13ClFN3O/c1-15(6-10(13)14-16)5-7-2-3-8(11)9(12)4-7/h2-4,16H,5-6H2,1H3,(H2,13,14). The topological polar surface area (TPSA) is 61.8 Å². The van der Waals surface area contributed by atoms with Gasteiger partial charge in [0.25, 0.3) is 0 Å². The van der Waals surface area contributed by atoms with Crippen molar-refractivity contribution in [2.45, 2.75) is 6.54 Å². The van der Waals surface area contributed by atoms with Gasteiger partial charge in [0.05, 0.1) is 11.6 Å². The van der Waals surface area contributed by atoms with Gasteiger partial charge >= 0.3 is 0 Å². The number of benzene rings is 1. The van der Waals surface area contributed by atoms with E-state index < -0.39 is 5.82 Å². The van der Waals surface area contributed by atoms with Gasteiger partial charge in [-0.15, -0.1) is 0 Å². The minimum Gasteiger partial charge on any atom is -0.409 e. The lowest BCUT2D eigenvalue weighted by atomic mass is 10.2. The molecule has 0 aliphatic rings. The summed E-state index contributed by atoms with van der Waals surface area (Å²) in [7, 11) is 1.78. The van der Waals surface area contributed by atoms with Crippen LogP contribution in [0.25, 0.3) is 0 Å². The van der Waals surface area contributed by atoms with E-state index in [-0.39, 0.29) is 10.9 Å². The van der Waals surface area contributed by atoms with Crippen LogP contribution in [0.1, 0.15) is 5.56 Å². The zero-order valence-electron chi connectivity index (χ0n) is 8.82. The Bertz CT molecular complexity index is 398. The van der Waals surface area contributed by atoms with Crippen LogP contribution in [0, 0.1) is 5.82 Å². The molecule has 0 amide bonds. The van der Waals surface area contributed by atoms with Crippen LogP contribution >= 0.6 is 11.6 Å². The highest BCUT2D eigenvalue weighted by molar-refractivity contribution is 6.30. The van der Waals surface area contributed by atoms with E-state index >= 15 is 0 Å². The first-order valence-corrected chi connectivity index (χ1v) is 4.99. The van der Waals surface area contributed by atoms with Gasteiger partial charge in [0.1, 0.15) is 5.82 Å². The second kappa shape index (κ2) is 5.67. The Balaban J connectivity index is 2.63. The Hall–Kier alpha value is -1.33. The van der Waals surface area contributed by atoms with E-state index in [1.165, 1.54) is 12.1 Å². The molecule has 0 aromatic heterocycles. The number of amidine groups is 1. The quantitative estimate of drug-likeness (QED) is 0.367. The highest BCUT2D eigenvalue weighted by Crippen LogP contribution is 2.16. The summed E-state index contributed by atoms with van der Waals surface area (Å²) < 4.78 is 13.1. The van der Waals surface area contributed by atoms with Crippen molar-refractivity contribution in [3.63, 3.8) is 0 Å². The molecule has 6 heteroatoms. The number of nitrogens with two attached hydrogens (primary N) is 1. The maximum atomic E-state index is 13.1. The third kappa shape index (κ3) is 3.67. The SMILES string of the molecule is CN(C/C(N)=N/O)Cc1ccc(Cl)c(F)c1. The number of hydrogen-bond donors (Lipinski definition) is 2. The molecule has 0 radical (unpaired) electrons. The molecule has 0 bridgehead atoms. The third-order valence-electron chi connectivity index (χ3n) is 2.00. The van der Waals surface area contributed by atoms with Crippen molar-refractivity contribution >= 4 is 17.4 Å². The van der Waals surface area contributed by atoms with Gasteiger partial charge < -0.3 is 10.9 Å². The van der Waals surface area contributed by atoms with Crippen molar-refractivity contribution < 1.29 is 9.60 Å².